The minimum Gasteiger partial charge on any atom is -0.476 e. The van der Waals surface area contributed by atoms with Crippen molar-refractivity contribution < 1.29 is 34.5 Å². The van der Waals surface area contributed by atoms with Gasteiger partial charge in [-0.2, -0.15) is 19.8 Å². The Balaban J connectivity index is 0.000000244. The molecule has 15 nitrogen and oxygen atoms in total. The van der Waals surface area contributed by atoms with E-state index in [4.69, 9.17) is 10.8 Å². The van der Waals surface area contributed by atoms with Crippen LogP contribution in [0.3, 0.4) is 0 Å². The lowest BCUT2D eigenvalue weighted by atomic mass is 9.44. The Morgan fingerprint density at radius 1 is 0.583 bits per heavy atom. The number of fused-ring (bicyclic) bond motifs is 10. The zero-order valence-corrected chi connectivity index (χ0v) is 43.2. The molecule has 0 unspecified atom stereocenters. The number of aliphatic hydroxyl groups is 2. The van der Waals surface area contributed by atoms with Crippen LogP contribution in [0.15, 0.2) is 12.4 Å². The lowest BCUT2D eigenvalue weighted by Crippen LogP contribution is -2.55. The molecule has 0 radical (unpaired) electrons. The van der Waals surface area contributed by atoms with Gasteiger partial charge in [-0.05, 0) is 212 Å². The van der Waals surface area contributed by atoms with Crippen LogP contribution in [-0.4, -0.2) is 93.0 Å². The Hall–Kier alpha value is -3.56. The largest absolute Gasteiger partial charge is 0.476 e. The molecule has 0 spiro atoms. The van der Waals surface area contributed by atoms with E-state index in [0.717, 1.165) is 89.5 Å². The fraction of sp³-hybridized carbons (Fsp3) is 0.860. The van der Waals surface area contributed by atoms with E-state index >= 15 is 0 Å². The number of carbonyl (C=O) groups excluding carboxylic acids is 3. The Morgan fingerprint density at radius 2 is 0.972 bits per heavy atom. The van der Waals surface area contributed by atoms with Gasteiger partial charge in [0.2, 0.25) is 0 Å². The van der Waals surface area contributed by atoms with Crippen LogP contribution in [-0.2, 0) is 22.7 Å². The van der Waals surface area contributed by atoms with Crippen LogP contribution in [0.2, 0.25) is 0 Å². The number of nitrogens with zero attached hydrogens (tertiary/aromatic N) is 6. The average molecular weight is 1010 g/mol. The van der Waals surface area contributed by atoms with Gasteiger partial charge >= 0.3 is 5.97 Å². The quantitative estimate of drug-likeness (QED) is 0.158. The first kappa shape index (κ1) is 59.3. The molecule has 408 valence electrons. The maximum Gasteiger partial charge on any atom is 0.358 e. The third-order valence-corrected chi connectivity index (χ3v) is 21.1. The molecular formula is C57H98N8O7. The van der Waals surface area contributed by atoms with Gasteiger partial charge in [-0.25, -0.2) is 4.79 Å². The second-order valence-corrected chi connectivity index (χ2v) is 25.1. The van der Waals surface area contributed by atoms with Crippen molar-refractivity contribution >= 4 is 23.4 Å². The maximum absolute atomic E-state index is 13.5. The third-order valence-electron chi connectivity index (χ3n) is 21.1. The maximum atomic E-state index is 13.5. The van der Waals surface area contributed by atoms with E-state index in [1.165, 1.54) is 60.5 Å². The fourth-order valence-corrected chi connectivity index (χ4v) is 17.6. The number of hydrogen-bond acceptors (Lipinski definition) is 11. The molecule has 8 aliphatic rings. The molecule has 8 saturated carbocycles. The highest BCUT2D eigenvalue weighted by atomic mass is 16.4. The molecule has 1 amide bonds. The number of Topliss-reactive ketones (excluding diaryl/α,β-unsaturated/α-hetero) is 2. The van der Waals surface area contributed by atoms with Crippen LogP contribution in [0, 0.1) is 80.8 Å². The smallest absolute Gasteiger partial charge is 0.358 e. The first-order valence-corrected chi connectivity index (χ1v) is 27.0. The van der Waals surface area contributed by atoms with E-state index < -0.39 is 17.2 Å². The van der Waals surface area contributed by atoms with Crippen molar-refractivity contribution in [3.8, 4) is 0 Å². The zero-order valence-electron chi connectivity index (χ0n) is 43.2. The summed E-state index contributed by atoms with van der Waals surface area (Å²) in [6.45, 7) is 19.0. The summed E-state index contributed by atoms with van der Waals surface area (Å²) in [5.74, 6) is 4.29. The second kappa shape index (κ2) is 22.3. The number of amides is 1. The van der Waals surface area contributed by atoms with Gasteiger partial charge in [0.15, 0.2) is 23.0 Å². The van der Waals surface area contributed by atoms with Crippen LogP contribution in [0.1, 0.15) is 214 Å². The summed E-state index contributed by atoms with van der Waals surface area (Å²) in [5, 5.41) is 49.6. The molecule has 2 aromatic heterocycles. The van der Waals surface area contributed by atoms with Gasteiger partial charge in [-0.15, -0.1) is 10.2 Å². The minimum absolute atomic E-state index is 0. The molecule has 8 aliphatic carbocycles. The SMILES string of the molecule is C.C.C.CCN.CCNC(=O)c1cnn(CC(=O)[C@H]2CC[C@H]3[C@@H]4CC[C@@H]5C[C@](C)(O)CC[C@]5(C)[C@H]4CC[C@]23C)n1.C[C@@]1(O)CC[C@@]2(C)[C@H](CC[C@@H]3[C@@H]2CC[C@]2(C)[C@@H](C(=O)Cn4ncc(C(=O)O)n4)CC[C@@H]32)C1. The van der Waals surface area contributed by atoms with Crippen LogP contribution < -0.4 is 11.1 Å². The summed E-state index contributed by atoms with van der Waals surface area (Å²) in [6, 6.07) is 0. The fourth-order valence-electron chi connectivity index (χ4n) is 17.6. The van der Waals surface area contributed by atoms with Crippen molar-refractivity contribution in [1.29, 1.82) is 0 Å². The number of carbonyl (C=O) groups is 4. The lowest BCUT2D eigenvalue weighted by Gasteiger charge is -2.61. The van der Waals surface area contributed by atoms with Crippen LogP contribution in [0.4, 0.5) is 0 Å². The normalized spacial score (nSPS) is 41.0. The van der Waals surface area contributed by atoms with Gasteiger partial charge in [0, 0.05) is 18.4 Å². The summed E-state index contributed by atoms with van der Waals surface area (Å²) in [5.41, 5.74) is 4.72. The third kappa shape index (κ3) is 10.9. The van der Waals surface area contributed by atoms with E-state index in [9.17, 15) is 29.4 Å². The molecule has 0 saturated heterocycles. The molecule has 0 aromatic carbocycles. The Labute approximate surface area is 432 Å². The summed E-state index contributed by atoms with van der Waals surface area (Å²) in [4.78, 5) is 52.5. The van der Waals surface area contributed by atoms with Crippen molar-refractivity contribution in [3.63, 3.8) is 0 Å². The van der Waals surface area contributed by atoms with E-state index in [1.807, 2.05) is 27.7 Å². The molecule has 0 aliphatic heterocycles. The first-order valence-electron chi connectivity index (χ1n) is 27.0. The molecule has 10 rings (SSSR count). The van der Waals surface area contributed by atoms with Crippen molar-refractivity contribution in [2.45, 2.75) is 218 Å². The number of aromatic carboxylic acids is 1. The zero-order chi connectivity index (χ0) is 49.9. The highest BCUT2D eigenvalue weighted by molar-refractivity contribution is 5.91. The van der Waals surface area contributed by atoms with E-state index in [0.29, 0.717) is 58.8 Å². The van der Waals surface area contributed by atoms with Crippen molar-refractivity contribution in [1.82, 2.24) is 35.3 Å². The summed E-state index contributed by atoms with van der Waals surface area (Å²) in [6.07, 6.45) is 22.2. The molecule has 72 heavy (non-hydrogen) atoms. The number of aromatic nitrogens is 6. The standard InChI is InChI=1S/C27H42N4O3.C25H37N3O4.C2H7N.3CH4/c1-5-28-24(33)22-15-29-31(30-22)16-23(32)21-9-8-19-18-7-6-17-14-25(2,34)12-13-26(17,3)20(18)10-11-27(19,21)4;1-23(32)10-11-24(2)15(12-23)4-5-16-17-6-7-19(25(17,3)9-8-18(16)24)21(29)14-28-26-13-20(27-28)22(30)31;1-2-3;;;/h15,17-21,34H,5-14,16H2,1-4H3,(H,28,33);13,15-19,32H,4-12,14H2,1-3H3,(H,30,31);2-3H2,1H3;3*1H4/t17-,18+,19+,20+,21-,25-,26+,27+;15-,16+,17+,18+,19-,23-,24+,25+;;;;/m11..../s1. The molecule has 15 heteroatoms. The van der Waals surface area contributed by atoms with E-state index in [2.05, 4.69) is 53.4 Å². The van der Waals surface area contributed by atoms with Gasteiger partial charge in [0.25, 0.3) is 5.91 Å². The molecule has 0 bridgehead atoms. The van der Waals surface area contributed by atoms with Gasteiger partial charge < -0.3 is 26.4 Å². The van der Waals surface area contributed by atoms with Crippen molar-refractivity contribution in [3.05, 3.63) is 23.8 Å². The molecule has 2 aromatic rings. The highest BCUT2D eigenvalue weighted by Crippen LogP contribution is 2.70. The van der Waals surface area contributed by atoms with E-state index in [-0.39, 0.29) is 86.9 Å². The topological polar surface area (TPSA) is 228 Å². The predicted octanol–water partition coefficient (Wildman–Crippen LogP) is 9.84. The molecule has 2 heterocycles. The number of rotatable bonds is 9. The van der Waals surface area contributed by atoms with Gasteiger partial charge in [-0.3, -0.25) is 14.4 Å². The monoisotopic (exact) mass is 1010 g/mol. The molecule has 8 fully saturated rings. The summed E-state index contributed by atoms with van der Waals surface area (Å²) < 4.78 is 0. The molecule has 16 atom stereocenters. The number of carboxylic acid groups (broad SMARTS) is 1. The van der Waals surface area contributed by atoms with Crippen LogP contribution >= 0.6 is 0 Å². The minimum atomic E-state index is -1.12. The van der Waals surface area contributed by atoms with Crippen molar-refractivity contribution in [2.75, 3.05) is 13.1 Å². The van der Waals surface area contributed by atoms with Crippen LogP contribution in [0.25, 0.3) is 0 Å². The number of ketones is 2. The highest BCUT2D eigenvalue weighted by Gasteiger charge is 2.63. The van der Waals surface area contributed by atoms with Crippen molar-refractivity contribution in [2.24, 2.45) is 86.6 Å². The number of hydrogen-bond donors (Lipinski definition) is 5. The van der Waals surface area contributed by atoms with Gasteiger partial charge in [0.05, 0.1) is 23.6 Å². The summed E-state index contributed by atoms with van der Waals surface area (Å²) >= 11 is 0. The Bertz CT molecular complexity index is 2210. The number of nitrogens with one attached hydrogen (secondary N) is 1. The van der Waals surface area contributed by atoms with Gasteiger partial charge in [-0.1, -0.05) is 56.9 Å². The average Bonchev–Trinajstić information content (AvgIpc) is 4.10. The molecular weight excluding hydrogens is 909 g/mol. The number of carboxylic acids is 1. The van der Waals surface area contributed by atoms with E-state index in [1.54, 1.807) is 0 Å². The Morgan fingerprint density at radius 3 is 1.36 bits per heavy atom. The summed E-state index contributed by atoms with van der Waals surface area (Å²) in [7, 11) is 0. The molecule has 6 N–H and O–H groups in total. The first-order chi connectivity index (χ1) is 32.5. The van der Waals surface area contributed by atoms with Crippen LogP contribution in [0.5, 0.6) is 0 Å². The number of nitrogens with two attached hydrogens (primary N) is 1. The Kier molecular flexibility index (Phi) is 18.4. The second-order valence-electron chi connectivity index (χ2n) is 25.1. The lowest BCUT2D eigenvalue weighted by molar-refractivity contribution is -0.151. The predicted molar refractivity (Wildman–Crippen MR) is 282 cm³/mol. The van der Waals surface area contributed by atoms with Gasteiger partial charge in [0.1, 0.15) is 13.1 Å².